The Hall–Kier alpha value is -0.950. The molecule has 2 fully saturated rings. The van der Waals surface area contributed by atoms with Crippen molar-refractivity contribution in [3.05, 3.63) is 0 Å². The average molecular weight is 302 g/mol. The molecule has 2 amide bonds. The van der Waals surface area contributed by atoms with Gasteiger partial charge < -0.3 is 20.0 Å². The van der Waals surface area contributed by atoms with Crippen molar-refractivity contribution in [3.8, 4) is 0 Å². The Morgan fingerprint density at radius 1 is 1.30 bits per heavy atom. The zero-order valence-electron chi connectivity index (χ0n) is 11.5. The number of nitrogens with zero attached hydrogens (tertiary/aromatic N) is 2. The number of aliphatic hydroxyl groups excluding tert-OH is 1. The van der Waals surface area contributed by atoms with Gasteiger partial charge in [-0.15, -0.1) is 0 Å². The summed E-state index contributed by atoms with van der Waals surface area (Å²) in [5.74, 6) is 0.271. The number of carbonyl (C=O) groups is 2. The summed E-state index contributed by atoms with van der Waals surface area (Å²) in [4.78, 5) is 27.1. The highest BCUT2D eigenvalue weighted by molar-refractivity contribution is 7.99. The fourth-order valence-electron chi connectivity index (χ4n) is 2.96. The number of thioether (sulfide) groups is 1. The van der Waals surface area contributed by atoms with Gasteiger partial charge in [0, 0.05) is 30.6 Å². The summed E-state index contributed by atoms with van der Waals surface area (Å²) in [6, 6.07) is -0.818. The second-order valence-electron chi connectivity index (χ2n) is 5.26. The first-order valence-electron chi connectivity index (χ1n) is 7.13. The summed E-state index contributed by atoms with van der Waals surface area (Å²) in [6.07, 6.45) is 4.09. The number of hydrogen-bond acceptors (Lipinski definition) is 4. The standard InChI is InChI=1S/C13H22N2O4S/c16-7-5-14(10-3-1-2-4-10)13(19)15-6-8-20-9-11(15)12(17)18/h10-11,16H,1-9H2,(H,17,18). The van der Waals surface area contributed by atoms with E-state index in [1.807, 2.05) is 0 Å². The molecule has 1 unspecified atom stereocenters. The van der Waals surface area contributed by atoms with Gasteiger partial charge in [0.1, 0.15) is 6.04 Å². The molecule has 1 saturated heterocycles. The maximum Gasteiger partial charge on any atom is 0.327 e. The third kappa shape index (κ3) is 3.38. The lowest BCUT2D eigenvalue weighted by Gasteiger charge is -2.38. The van der Waals surface area contributed by atoms with Crippen molar-refractivity contribution in [1.29, 1.82) is 0 Å². The lowest BCUT2D eigenvalue weighted by Crippen LogP contribution is -2.57. The SMILES string of the molecule is O=C(O)C1CSCCN1C(=O)N(CCO)C1CCCC1. The van der Waals surface area contributed by atoms with Crippen LogP contribution < -0.4 is 0 Å². The van der Waals surface area contributed by atoms with E-state index < -0.39 is 12.0 Å². The third-order valence-electron chi connectivity index (χ3n) is 4.01. The smallest absolute Gasteiger partial charge is 0.327 e. The minimum Gasteiger partial charge on any atom is -0.480 e. The molecular weight excluding hydrogens is 280 g/mol. The first kappa shape index (κ1) is 15.4. The highest BCUT2D eigenvalue weighted by atomic mass is 32.2. The van der Waals surface area contributed by atoms with E-state index in [0.29, 0.717) is 18.8 Å². The molecule has 0 bridgehead atoms. The van der Waals surface area contributed by atoms with E-state index >= 15 is 0 Å². The van der Waals surface area contributed by atoms with Crippen LogP contribution in [0.2, 0.25) is 0 Å². The topological polar surface area (TPSA) is 81.1 Å². The molecule has 0 aromatic rings. The molecule has 2 aliphatic rings. The van der Waals surface area contributed by atoms with Gasteiger partial charge in [-0.25, -0.2) is 9.59 Å². The number of aliphatic carboxylic acids is 1. The fraction of sp³-hybridized carbons (Fsp3) is 0.846. The summed E-state index contributed by atoms with van der Waals surface area (Å²) in [7, 11) is 0. The van der Waals surface area contributed by atoms with Crippen LogP contribution in [0.25, 0.3) is 0 Å². The van der Waals surface area contributed by atoms with Gasteiger partial charge in [-0.1, -0.05) is 12.8 Å². The molecule has 6 nitrogen and oxygen atoms in total. The Labute approximate surface area is 123 Å². The van der Waals surface area contributed by atoms with Crippen LogP contribution in [0.4, 0.5) is 4.79 Å². The molecule has 0 radical (unpaired) electrons. The van der Waals surface area contributed by atoms with Crippen molar-refractivity contribution in [2.75, 3.05) is 31.2 Å². The minimum atomic E-state index is -0.944. The van der Waals surface area contributed by atoms with Crippen LogP contribution in [0.15, 0.2) is 0 Å². The highest BCUT2D eigenvalue weighted by Crippen LogP contribution is 2.26. The molecule has 1 atom stereocenters. The first-order valence-corrected chi connectivity index (χ1v) is 8.29. The Morgan fingerprint density at radius 2 is 2.00 bits per heavy atom. The molecule has 0 aromatic heterocycles. The average Bonchev–Trinajstić information content (AvgIpc) is 2.98. The van der Waals surface area contributed by atoms with Crippen molar-refractivity contribution in [1.82, 2.24) is 9.80 Å². The Kier molecular flexibility index (Phi) is 5.54. The number of carboxylic acid groups (broad SMARTS) is 1. The van der Waals surface area contributed by atoms with E-state index in [-0.39, 0.29) is 18.7 Å². The maximum atomic E-state index is 12.7. The van der Waals surface area contributed by atoms with Gasteiger partial charge in [-0.05, 0) is 12.8 Å². The van der Waals surface area contributed by atoms with Gasteiger partial charge >= 0.3 is 12.0 Å². The number of rotatable bonds is 4. The molecule has 1 heterocycles. The number of carbonyl (C=O) groups excluding carboxylic acids is 1. The van der Waals surface area contributed by atoms with E-state index in [9.17, 15) is 19.8 Å². The molecule has 1 saturated carbocycles. The first-order chi connectivity index (χ1) is 9.65. The number of urea groups is 1. The molecule has 1 aliphatic carbocycles. The van der Waals surface area contributed by atoms with E-state index in [4.69, 9.17) is 0 Å². The van der Waals surface area contributed by atoms with E-state index in [0.717, 1.165) is 31.4 Å². The van der Waals surface area contributed by atoms with Crippen LogP contribution in [0, 0.1) is 0 Å². The Balaban J connectivity index is 2.10. The summed E-state index contributed by atoms with van der Waals surface area (Å²) < 4.78 is 0. The monoisotopic (exact) mass is 302 g/mol. The van der Waals surface area contributed by atoms with Crippen LogP contribution in [0.3, 0.4) is 0 Å². The molecule has 20 heavy (non-hydrogen) atoms. The second kappa shape index (κ2) is 7.17. The molecular formula is C13H22N2O4S. The van der Waals surface area contributed by atoms with Crippen LogP contribution >= 0.6 is 11.8 Å². The van der Waals surface area contributed by atoms with Crippen molar-refractivity contribution < 1.29 is 19.8 Å². The predicted molar refractivity (Wildman–Crippen MR) is 76.9 cm³/mol. The summed E-state index contributed by atoms with van der Waals surface area (Å²) in [5.41, 5.74) is 0. The molecule has 114 valence electrons. The van der Waals surface area contributed by atoms with Crippen molar-refractivity contribution >= 4 is 23.8 Å². The van der Waals surface area contributed by atoms with Crippen molar-refractivity contribution in [2.24, 2.45) is 0 Å². The minimum absolute atomic E-state index is 0.0808. The maximum absolute atomic E-state index is 12.7. The van der Waals surface area contributed by atoms with E-state index in [2.05, 4.69) is 0 Å². The van der Waals surface area contributed by atoms with Gasteiger partial charge in [0.05, 0.1) is 6.61 Å². The molecule has 7 heteroatoms. The van der Waals surface area contributed by atoms with Crippen molar-refractivity contribution in [3.63, 3.8) is 0 Å². The Morgan fingerprint density at radius 3 is 2.60 bits per heavy atom. The van der Waals surface area contributed by atoms with Crippen LogP contribution in [-0.4, -0.2) is 75.3 Å². The normalized spacial score (nSPS) is 23.9. The summed E-state index contributed by atoms with van der Waals surface area (Å²) in [6.45, 7) is 0.678. The lowest BCUT2D eigenvalue weighted by molar-refractivity contribution is -0.141. The van der Waals surface area contributed by atoms with Crippen LogP contribution in [0.5, 0.6) is 0 Å². The zero-order valence-corrected chi connectivity index (χ0v) is 12.3. The van der Waals surface area contributed by atoms with Crippen LogP contribution in [0.1, 0.15) is 25.7 Å². The number of aliphatic hydroxyl groups is 1. The predicted octanol–water partition coefficient (Wildman–Crippen LogP) is 0.845. The van der Waals surface area contributed by atoms with Gasteiger partial charge in [-0.3, -0.25) is 0 Å². The quantitative estimate of drug-likeness (QED) is 0.804. The third-order valence-corrected chi connectivity index (χ3v) is 5.03. The fourth-order valence-corrected chi connectivity index (χ4v) is 4.00. The second-order valence-corrected chi connectivity index (χ2v) is 6.41. The number of hydrogen-bond donors (Lipinski definition) is 2. The van der Waals surface area contributed by atoms with E-state index in [1.165, 1.54) is 4.90 Å². The number of amides is 2. The molecule has 0 spiro atoms. The van der Waals surface area contributed by atoms with Gasteiger partial charge in [0.25, 0.3) is 0 Å². The van der Waals surface area contributed by atoms with Gasteiger partial charge in [0.15, 0.2) is 0 Å². The highest BCUT2D eigenvalue weighted by Gasteiger charge is 2.37. The van der Waals surface area contributed by atoms with E-state index in [1.54, 1.807) is 16.7 Å². The van der Waals surface area contributed by atoms with Gasteiger partial charge in [-0.2, -0.15) is 11.8 Å². The van der Waals surface area contributed by atoms with Crippen LogP contribution in [-0.2, 0) is 4.79 Å². The van der Waals surface area contributed by atoms with Gasteiger partial charge in [0.2, 0.25) is 0 Å². The molecule has 1 aliphatic heterocycles. The largest absolute Gasteiger partial charge is 0.480 e. The zero-order chi connectivity index (χ0) is 14.5. The summed E-state index contributed by atoms with van der Waals surface area (Å²) >= 11 is 1.57. The summed E-state index contributed by atoms with van der Waals surface area (Å²) in [5, 5.41) is 18.4. The molecule has 2 N–H and O–H groups in total. The molecule has 2 rings (SSSR count). The van der Waals surface area contributed by atoms with Crippen molar-refractivity contribution in [2.45, 2.75) is 37.8 Å². The molecule has 0 aromatic carbocycles. The number of carboxylic acids is 1. The lowest BCUT2D eigenvalue weighted by atomic mass is 10.2. The Bertz CT molecular complexity index is 360.